The van der Waals surface area contributed by atoms with Crippen LogP contribution in [0.4, 0.5) is 5.69 Å². The fraction of sp³-hybridized carbons (Fsp3) is 0.571. The molecule has 170 valence electrons. The van der Waals surface area contributed by atoms with Gasteiger partial charge in [0.2, 0.25) is 11.8 Å². The third-order valence-electron chi connectivity index (χ3n) is 3.37. The molecule has 9 heteroatoms. The second kappa shape index (κ2) is 14.1. The zero-order valence-electron chi connectivity index (χ0n) is 18.8. The Morgan fingerprint density at radius 1 is 1.07 bits per heavy atom. The molecule has 2 amide bonds. The van der Waals surface area contributed by atoms with E-state index in [1.165, 1.54) is 0 Å². The van der Waals surface area contributed by atoms with Gasteiger partial charge >= 0.3 is 0 Å². The Kier molecular flexibility index (Phi) is 13.1. The molecule has 0 unspecified atom stereocenters. The van der Waals surface area contributed by atoms with E-state index >= 15 is 0 Å². The molecule has 0 spiro atoms. The lowest BCUT2D eigenvalue weighted by atomic mass is 10.1. The molecule has 1 aromatic carbocycles. The van der Waals surface area contributed by atoms with Crippen molar-refractivity contribution < 1.29 is 14.3 Å². The molecule has 0 bridgehead atoms. The molecule has 0 aliphatic carbocycles. The standard InChI is InChI=1S/C21H35N5O3.HI/c1-7-12-22-18(27)13-23-20(24-14-19(28)26-21(4,5)6)25-16-8-10-17(11-9-16)29-15(2)3;/h8-11,15H,7,12-14H2,1-6H3,(H,22,27)(H,26,28)(H2,23,24,25);1H. The third-order valence-corrected chi connectivity index (χ3v) is 3.37. The van der Waals surface area contributed by atoms with Crippen molar-refractivity contribution in [2.24, 2.45) is 4.99 Å². The molecule has 4 N–H and O–H groups in total. The Bertz CT molecular complexity index is 685. The summed E-state index contributed by atoms with van der Waals surface area (Å²) in [6.45, 7) is 12.3. The summed E-state index contributed by atoms with van der Waals surface area (Å²) in [6, 6.07) is 7.39. The van der Waals surface area contributed by atoms with Gasteiger partial charge in [0.15, 0.2) is 5.96 Å². The normalized spacial score (nSPS) is 11.4. The Morgan fingerprint density at radius 2 is 1.70 bits per heavy atom. The van der Waals surface area contributed by atoms with E-state index in [1.54, 1.807) is 0 Å². The highest BCUT2D eigenvalue weighted by atomic mass is 127. The van der Waals surface area contributed by atoms with Gasteiger partial charge in [-0.05, 0) is 65.3 Å². The predicted molar refractivity (Wildman–Crippen MR) is 133 cm³/mol. The van der Waals surface area contributed by atoms with Crippen LogP contribution in [0.3, 0.4) is 0 Å². The molecule has 0 aromatic heterocycles. The molecule has 0 aliphatic rings. The van der Waals surface area contributed by atoms with E-state index in [2.05, 4.69) is 26.3 Å². The maximum Gasteiger partial charge on any atom is 0.242 e. The number of ether oxygens (including phenoxy) is 1. The fourth-order valence-corrected chi connectivity index (χ4v) is 2.26. The summed E-state index contributed by atoms with van der Waals surface area (Å²) in [4.78, 5) is 28.2. The van der Waals surface area contributed by atoms with Crippen molar-refractivity contribution in [1.82, 2.24) is 16.0 Å². The van der Waals surface area contributed by atoms with E-state index in [1.807, 2.05) is 65.8 Å². The number of guanidine groups is 1. The van der Waals surface area contributed by atoms with Crippen LogP contribution in [-0.2, 0) is 9.59 Å². The molecular weight excluding hydrogens is 497 g/mol. The molecule has 0 fully saturated rings. The smallest absolute Gasteiger partial charge is 0.242 e. The number of nitrogens with zero attached hydrogens (tertiary/aromatic N) is 1. The molecule has 8 nitrogen and oxygen atoms in total. The minimum atomic E-state index is -0.333. The largest absolute Gasteiger partial charge is 0.491 e. The first-order valence-corrected chi connectivity index (χ1v) is 9.99. The van der Waals surface area contributed by atoms with E-state index < -0.39 is 0 Å². The molecule has 1 rings (SSSR count). The lowest BCUT2D eigenvalue weighted by Crippen LogP contribution is -2.43. The maximum atomic E-state index is 12.1. The Hall–Kier alpha value is -2.04. The lowest BCUT2D eigenvalue weighted by Gasteiger charge is -2.20. The van der Waals surface area contributed by atoms with Gasteiger partial charge in [0.05, 0.1) is 12.6 Å². The first kappa shape index (κ1) is 28.0. The Morgan fingerprint density at radius 3 is 2.23 bits per heavy atom. The van der Waals surface area contributed by atoms with Crippen LogP contribution in [0.2, 0.25) is 0 Å². The third kappa shape index (κ3) is 13.2. The van der Waals surface area contributed by atoms with Crippen LogP contribution in [-0.4, -0.2) is 49.1 Å². The molecule has 0 aliphatic heterocycles. The summed E-state index contributed by atoms with van der Waals surface area (Å²) in [7, 11) is 0. The number of hydrogen-bond acceptors (Lipinski definition) is 4. The van der Waals surface area contributed by atoms with E-state index in [0.29, 0.717) is 12.5 Å². The van der Waals surface area contributed by atoms with Crippen molar-refractivity contribution in [3.05, 3.63) is 24.3 Å². The number of benzene rings is 1. The van der Waals surface area contributed by atoms with Gasteiger partial charge in [-0.15, -0.1) is 24.0 Å². The number of rotatable bonds is 9. The molecule has 0 heterocycles. The predicted octanol–water partition coefficient (Wildman–Crippen LogP) is 2.89. The minimum Gasteiger partial charge on any atom is -0.491 e. The SMILES string of the molecule is CCCNC(=O)CNC(=NCC(=O)NC(C)(C)C)Nc1ccc(OC(C)C)cc1.I. The van der Waals surface area contributed by atoms with Crippen molar-refractivity contribution in [1.29, 1.82) is 0 Å². The van der Waals surface area contributed by atoms with E-state index in [-0.39, 0.29) is 60.5 Å². The Labute approximate surface area is 197 Å². The van der Waals surface area contributed by atoms with Crippen molar-refractivity contribution in [2.75, 3.05) is 25.0 Å². The number of anilines is 1. The zero-order chi connectivity index (χ0) is 21.9. The number of aliphatic imine (C=N–C) groups is 1. The van der Waals surface area contributed by atoms with Gasteiger partial charge in [-0.2, -0.15) is 0 Å². The van der Waals surface area contributed by atoms with Gasteiger partial charge in [-0.1, -0.05) is 6.92 Å². The van der Waals surface area contributed by atoms with Gasteiger partial charge in [-0.3, -0.25) is 9.59 Å². The van der Waals surface area contributed by atoms with E-state index in [9.17, 15) is 9.59 Å². The van der Waals surface area contributed by atoms with E-state index in [0.717, 1.165) is 17.9 Å². The van der Waals surface area contributed by atoms with Crippen LogP contribution in [0.15, 0.2) is 29.3 Å². The molecule has 0 saturated heterocycles. The van der Waals surface area contributed by atoms with Gasteiger partial charge in [0, 0.05) is 17.8 Å². The van der Waals surface area contributed by atoms with E-state index in [4.69, 9.17) is 4.74 Å². The number of carbonyl (C=O) groups excluding carboxylic acids is 2. The quantitative estimate of drug-likeness (QED) is 0.222. The monoisotopic (exact) mass is 533 g/mol. The van der Waals surface area contributed by atoms with Crippen molar-refractivity contribution in [3.63, 3.8) is 0 Å². The summed E-state index contributed by atoms with van der Waals surface area (Å²) in [6.07, 6.45) is 0.957. The van der Waals surface area contributed by atoms with Gasteiger partial charge in [-0.25, -0.2) is 4.99 Å². The molecular formula is C21H36IN5O3. The van der Waals surface area contributed by atoms with Crippen molar-refractivity contribution in [3.8, 4) is 5.75 Å². The molecule has 1 aromatic rings. The first-order valence-electron chi connectivity index (χ1n) is 9.99. The van der Waals surface area contributed by atoms with Crippen LogP contribution in [0.25, 0.3) is 0 Å². The molecule has 30 heavy (non-hydrogen) atoms. The highest BCUT2D eigenvalue weighted by molar-refractivity contribution is 14.0. The Balaban J connectivity index is 0.00000841. The summed E-state index contributed by atoms with van der Waals surface area (Å²) in [5, 5.41) is 11.7. The number of amides is 2. The first-order chi connectivity index (χ1) is 13.6. The van der Waals surface area contributed by atoms with Crippen LogP contribution in [0, 0.1) is 0 Å². The second-order valence-corrected chi connectivity index (χ2v) is 7.98. The highest BCUT2D eigenvalue weighted by Gasteiger charge is 2.13. The van der Waals surface area contributed by atoms with Gasteiger partial charge < -0.3 is 26.0 Å². The highest BCUT2D eigenvalue weighted by Crippen LogP contribution is 2.16. The van der Waals surface area contributed by atoms with Gasteiger partial charge in [0.1, 0.15) is 12.3 Å². The average Bonchev–Trinajstić information content (AvgIpc) is 2.61. The molecule has 0 saturated carbocycles. The van der Waals surface area contributed by atoms with Crippen LogP contribution in [0.5, 0.6) is 5.75 Å². The van der Waals surface area contributed by atoms with Gasteiger partial charge in [0.25, 0.3) is 0 Å². The topological polar surface area (TPSA) is 104 Å². The lowest BCUT2D eigenvalue weighted by molar-refractivity contribution is -0.121. The summed E-state index contributed by atoms with van der Waals surface area (Å²) < 4.78 is 5.64. The van der Waals surface area contributed by atoms with Crippen molar-refractivity contribution >= 4 is 47.4 Å². The van der Waals surface area contributed by atoms with Crippen LogP contribution < -0.4 is 26.0 Å². The number of halogens is 1. The minimum absolute atomic E-state index is 0. The maximum absolute atomic E-state index is 12.1. The average molecular weight is 533 g/mol. The van der Waals surface area contributed by atoms with Crippen LogP contribution >= 0.6 is 24.0 Å². The molecule has 0 radical (unpaired) electrons. The summed E-state index contributed by atoms with van der Waals surface area (Å²) in [5.41, 5.74) is 0.428. The number of carbonyl (C=O) groups is 2. The summed E-state index contributed by atoms with van der Waals surface area (Å²) in [5.74, 6) is 0.773. The van der Waals surface area contributed by atoms with Crippen molar-refractivity contribution in [2.45, 2.75) is 59.6 Å². The fourth-order valence-electron chi connectivity index (χ4n) is 2.26. The zero-order valence-corrected chi connectivity index (χ0v) is 21.1. The number of hydrogen-bond donors (Lipinski definition) is 4. The van der Waals surface area contributed by atoms with Crippen LogP contribution in [0.1, 0.15) is 48.0 Å². The molecule has 0 atom stereocenters. The second-order valence-electron chi connectivity index (χ2n) is 7.98. The number of nitrogens with one attached hydrogen (secondary N) is 4. The summed E-state index contributed by atoms with van der Waals surface area (Å²) >= 11 is 0.